The van der Waals surface area contributed by atoms with Gasteiger partial charge in [-0.1, -0.05) is 16.8 Å². The molecule has 0 N–H and O–H groups in total. The molecule has 0 saturated carbocycles. The number of thioether (sulfide) groups is 1. The van der Waals surface area contributed by atoms with E-state index >= 15 is 0 Å². The summed E-state index contributed by atoms with van der Waals surface area (Å²) in [5.74, 6) is 2.99. The monoisotopic (exact) mass is 310 g/mol. The van der Waals surface area contributed by atoms with Crippen LogP contribution in [0.25, 0.3) is 11.5 Å². The molecule has 1 saturated heterocycles. The van der Waals surface area contributed by atoms with E-state index in [0.29, 0.717) is 17.0 Å². The van der Waals surface area contributed by atoms with Crippen molar-refractivity contribution in [1.29, 1.82) is 0 Å². The molecular weight excluding hydrogens is 296 g/mol. The minimum absolute atomic E-state index is 0.391. The molecule has 2 aromatic rings. The predicted octanol–water partition coefficient (Wildman–Crippen LogP) is 3.80. The maximum absolute atomic E-state index is 5.85. The van der Waals surface area contributed by atoms with Gasteiger partial charge in [0.15, 0.2) is 5.82 Å². The molecule has 0 radical (unpaired) electrons. The van der Waals surface area contributed by atoms with Crippen LogP contribution < -0.4 is 0 Å². The van der Waals surface area contributed by atoms with Crippen LogP contribution in [-0.4, -0.2) is 28.6 Å². The molecule has 0 spiro atoms. The summed E-state index contributed by atoms with van der Waals surface area (Å²) >= 11 is 7.64. The second-order valence-electron chi connectivity index (χ2n) is 4.67. The molecule has 1 aliphatic rings. The molecule has 1 unspecified atom stereocenters. The fraction of sp³-hybridized carbons (Fsp3) is 0.429. The zero-order valence-corrected chi connectivity index (χ0v) is 12.5. The second kappa shape index (κ2) is 6.61. The number of hydrogen-bond acceptors (Lipinski definition) is 5. The van der Waals surface area contributed by atoms with Gasteiger partial charge in [-0.2, -0.15) is 16.7 Å². The first-order valence-corrected chi connectivity index (χ1v) is 8.12. The Bertz CT molecular complexity index is 553. The number of hydrogen-bond donors (Lipinski definition) is 0. The number of benzene rings is 1. The highest BCUT2D eigenvalue weighted by Gasteiger charge is 2.16. The Hall–Kier alpha value is -1.04. The molecule has 6 heteroatoms. The lowest BCUT2D eigenvalue weighted by Crippen LogP contribution is -2.08. The highest BCUT2D eigenvalue weighted by atomic mass is 35.5. The van der Waals surface area contributed by atoms with Gasteiger partial charge in [-0.15, -0.1) is 0 Å². The minimum atomic E-state index is 0.391. The van der Waals surface area contributed by atoms with Gasteiger partial charge in [0.1, 0.15) is 0 Å². The lowest BCUT2D eigenvalue weighted by molar-refractivity contribution is 0.129. The normalized spacial score (nSPS) is 18.6. The van der Waals surface area contributed by atoms with Crippen molar-refractivity contribution in [2.75, 3.05) is 12.4 Å². The molecule has 20 heavy (non-hydrogen) atoms. The highest BCUT2D eigenvalue weighted by molar-refractivity contribution is 7.98. The van der Waals surface area contributed by atoms with Crippen LogP contribution in [0.3, 0.4) is 0 Å². The number of aromatic nitrogens is 2. The lowest BCUT2D eigenvalue weighted by Gasteiger charge is -2.06. The standard InChI is InChI=1S/C14H15ClN2O2S/c15-11-5-3-10(4-6-11)14-16-13(17-19-14)9-20-8-12-2-1-7-18-12/h3-6,12H,1-2,7-9H2. The second-order valence-corrected chi connectivity index (χ2v) is 6.14. The fourth-order valence-electron chi connectivity index (χ4n) is 2.08. The average Bonchev–Trinajstić information content (AvgIpc) is 3.11. The van der Waals surface area contributed by atoms with E-state index < -0.39 is 0 Å². The first-order valence-electron chi connectivity index (χ1n) is 6.59. The van der Waals surface area contributed by atoms with Crippen molar-refractivity contribution >= 4 is 23.4 Å². The number of halogens is 1. The highest BCUT2D eigenvalue weighted by Crippen LogP contribution is 2.22. The summed E-state index contributed by atoms with van der Waals surface area (Å²) < 4.78 is 10.8. The molecule has 0 aliphatic carbocycles. The van der Waals surface area contributed by atoms with Gasteiger partial charge in [-0.05, 0) is 37.1 Å². The summed E-state index contributed by atoms with van der Waals surface area (Å²) in [4.78, 5) is 4.39. The fourth-order valence-corrected chi connectivity index (χ4v) is 3.15. The molecular formula is C14H15ClN2O2S. The Morgan fingerprint density at radius 2 is 2.15 bits per heavy atom. The van der Waals surface area contributed by atoms with Crippen LogP contribution in [0.5, 0.6) is 0 Å². The summed E-state index contributed by atoms with van der Waals surface area (Å²) in [5, 5.41) is 4.69. The van der Waals surface area contributed by atoms with Crippen molar-refractivity contribution in [3.05, 3.63) is 35.1 Å². The summed E-state index contributed by atoms with van der Waals surface area (Å²) in [6.45, 7) is 0.897. The van der Waals surface area contributed by atoms with Gasteiger partial charge in [-0.3, -0.25) is 0 Å². The van der Waals surface area contributed by atoms with E-state index in [9.17, 15) is 0 Å². The van der Waals surface area contributed by atoms with Crippen LogP contribution in [0.2, 0.25) is 5.02 Å². The Labute approximate surface area is 126 Å². The topological polar surface area (TPSA) is 48.2 Å². The van der Waals surface area contributed by atoms with E-state index in [1.54, 1.807) is 11.8 Å². The summed E-state index contributed by atoms with van der Waals surface area (Å²) in [5.41, 5.74) is 0.886. The summed E-state index contributed by atoms with van der Waals surface area (Å²) in [6.07, 6.45) is 2.73. The molecule has 1 aromatic carbocycles. The SMILES string of the molecule is Clc1ccc(-c2nc(CSCC3CCCO3)no2)cc1. The number of nitrogens with zero attached hydrogens (tertiary/aromatic N) is 2. The van der Waals surface area contributed by atoms with Crippen LogP contribution in [0.15, 0.2) is 28.8 Å². The van der Waals surface area contributed by atoms with Crippen molar-refractivity contribution in [2.24, 2.45) is 0 Å². The van der Waals surface area contributed by atoms with Gasteiger partial charge in [0.25, 0.3) is 5.89 Å². The van der Waals surface area contributed by atoms with Gasteiger partial charge in [0, 0.05) is 22.9 Å². The molecule has 0 amide bonds. The van der Waals surface area contributed by atoms with E-state index in [2.05, 4.69) is 10.1 Å². The first kappa shape index (κ1) is 13.9. The molecule has 1 aliphatic heterocycles. The van der Waals surface area contributed by atoms with Crippen molar-refractivity contribution < 1.29 is 9.26 Å². The van der Waals surface area contributed by atoms with Crippen molar-refractivity contribution in [1.82, 2.24) is 10.1 Å². The van der Waals surface area contributed by atoms with Gasteiger partial charge < -0.3 is 9.26 Å². The third-order valence-corrected chi connectivity index (χ3v) is 4.44. The van der Waals surface area contributed by atoms with Crippen LogP contribution in [0.1, 0.15) is 18.7 Å². The Morgan fingerprint density at radius 3 is 2.90 bits per heavy atom. The molecule has 1 aromatic heterocycles. The van der Waals surface area contributed by atoms with Crippen molar-refractivity contribution in [3.8, 4) is 11.5 Å². The molecule has 1 atom stereocenters. The van der Waals surface area contributed by atoms with Crippen molar-refractivity contribution in [2.45, 2.75) is 24.7 Å². The molecule has 3 rings (SSSR count). The zero-order valence-electron chi connectivity index (χ0n) is 10.9. The largest absolute Gasteiger partial charge is 0.377 e. The third-order valence-electron chi connectivity index (χ3n) is 3.12. The summed E-state index contributed by atoms with van der Waals surface area (Å²) in [6, 6.07) is 7.37. The Morgan fingerprint density at radius 1 is 1.30 bits per heavy atom. The van der Waals surface area contributed by atoms with E-state index in [0.717, 1.165) is 35.9 Å². The predicted molar refractivity (Wildman–Crippen MR) is 79.9 cm³/mol. The van der Waals surface area contributed by atoms with Crippen LogP contribution >= 0.6 is 23.4 Å². The minimum Gasteiger partial charge on any atom is -0.377 e. The maximum atomic E-state index is 5.85. The lowest BCUT2D eigenvalue weighted by atomic mass is 10.2. The van der Waals surface area contributed by atoms with Gasteiger partial charge >= 0.3 is 0 Å². The van der Waals surface area contributed by atoms with Crippen LogP contribution in [0, 0.1) is 0 Å². The molecule has 0 bridgehead atoms. The summed E-state index contributed by atoms with van der Waals surface area (Å²) in [7, 11) is 0. The third kappa shape index (κ3) is 3.53. The maximum Gasteiger partial charge on any atom is 0.257 e. The molecule has 2 heterocycles. The first-order chi connectivity index (χ1) is 9.81. The Balaban J connectivity index is 1.55. The Kier molecular flexibility index (Phi) is 4.60. The molecule has 1 fully saturated rings. The zero-order chi connectivity index (χ0) is 13.8. The number of rotatable bonds is 5. The number of ether oxygens (including phenoxy) is 1. The average molecular weight is 311 g/mol. The molecule has 4 nitrogen and oxygen atoms in total. The molecule has 106 valence electrons. The van der Waals surface area contributed by atoms with Gasteiger partial charge in [-0.25, -0.2) is 0 Å². The van der Waals surface area contributed by atoms with Gasteiger partial charge in [0.05, 0.1) is 11.9 Å². The van der Waals surface area contributed by atoms with Crippen molar-refractivity contribution in [3.63, 3.8) is 0 Å². The van der Waals surface area contributed by atoms with E-state index in [4.69, 9.17) is 20.9 Å². The van der Waals surface area contributed by atoms with Crippen LogP contribution in [0.4, 0.5) is 0 Å². The van der Waals surface area contributed by atoms with E-state index in [1.807, 2.05) is 24.3 Å². The van der Waals surface area contributed by atoms with E-state index in [1.165, 1.54) is 6.42 Å². The quantitative estimate of drug-likeness (QED) is 0.840. The van der Waals surface area contributed by atoms with Gasteiger partial charge in [0.2, 0.25) is 0 Å². The smallest absolute Gasteiger partial charge is 0.257 e. The van der Waals surface area contributed by atoms with E-state index in [-0.39, 0.29) is 0 Å². The van der Waals surface area contributed by atoms with Crippen LogP contribution in [-0.2, 0) is 10.5 Å².